The molecule has 116 valence electrons. The number of hydrogen-bond acceptors (Lipinski definition) is 4. The lowest BCUT2D eigenvalue weighted by Gasteiger charge is -2.15. The van der Waals surface area contributed by atoms with Gasteiger partial charge < -0.3 is 5.32 Å². The van der Waals surface area contributed by atoms with Crippen LogP contribution in [0.25, 0.3) is 0 Å². The van der Waals surface area contributed by atoms with E-state index in [1.54, 1.807) is 0 Å². The third kappa shape index (κ3) is 5.51. The molecule has 0 radical (unpaired) electrons. The number of rotatable bonds is 9. The molecule has 0 unspecified atom stereocenters. The Bertz CT molecular complexity index is 381. The Labute approximate surface area is 128 Å². The lowest BCUT2D eigenvalue weighted by atomic mass is 10.1. The Balaban J connectivity index is 2.74. The monoisotopic (exact) mass is 297 g/mol. The smallest absolute Gasteiger partial charge is 0.107 e. The zero-order chi connectivity index (χ0) is 15.1. The van der Waals surface area contributed by atoms with Crippen molar-refractivity contribution in [3.8, 4) is 0 Å². The molecular weight excluding hydrogens is 266 g/mol. The second-order valence-electron chi connectivity index (χ2n) is 6.06. The van der Waals surface area contributed by atoms with Crippen LogP contribution >= 0.6 is 11.3 Å². The highest BCUT2D eigenvalue weighted by molar-refractivity contribution is 7.11. The number of nitrogens with zero attached hydrogens (tertiary/aromatic N) is 2. The average molecular weight is 298 g/mol. The van der Waals surface area contributed by atoms with Gasteiger partial charge in [0.05, 0.1) is 12.2 Å². The molecule has 0 spiro atoms. The van der Waals surface area contributed by atoms with Crippen molar-refractivity contribution in [3.63, 3.8) is 0 Å². The molecule has 0 aliphatic heterocycles. The van der Waals surface area contributed by atoms with Gasteiger partial charge in [0.15, 0.2) is 0 Å². The van der Waals surface area contributed by atoms with Crippen LogP contribution in [0.15, 0.2) is 0 Å². The third-order valence-corrected chi connectivity index (χ3v) is 4.47. The summed E-state index contributed by atoms with van der Waals surface area (Å²) in [5, 5.41) is 4.81. The van der Waals surface area contributed by atoms with Crippen LogP contribution in [0.4, 0.5) is 0 Å². The second kappa shape index (κ2) is 8.75. The first-order valence-corrected chi connectivity index (χ1v) is 8.71. The predicted octanol–water partition coefficient (Wildman–Crippen LogP) is 3.85. The van der Waals surface area contributed by atoms with Crippen molar-refractivity contribution in [3.05, 3.63) is 15.6 Å². The minimum absolute atomic E-state index is 0.507. The van der Waals surface area contributed by atoms with E-state index in [1.165, 1.54) is 15.6 Å². The molecule has 0 saturated heterocycles. The largest absolute Gasteiger partial charge is 0.312 e. The molecule has 3 nitrogen and oxygen atoms in total. The quantitative estimate of drug-likeness (QED) is 0.750. The van der Waals surface area contributed by atoms with Crippen LogP contribution in [0.1, 0.15) is 63.0 Å². The molecule has 0 aliphatic carbocycles. The summed E-state index contributed by atoms with van der Waals surface area (Å²) in [7, 11) is 0. The molecule has 0 saturated carbocycles. The van der Waals surface area contributed by atoms with Gasteiger partial charge in [-0.3, -0.25) is 4.90 Å². The van der Waals surface area contributed by atoms with Crippen LogP contribution in [0, 0.1) is 5.92 Å². The summed E-state index contributed by atoms with van der Waals surface area (Å²) >= 11 is 1.88. The second-order valence-corrected chi connectivity index (χ2v) is 7.23. The van der Waals surface area contributed by atoms with Gasteiger partial charge in [-0.1, -0.05) is 41.5 Å². The molecule has 1 heterocycles. The maximum atomic E-state index is 4.88. The fourth-order valence-electron chi connectivity index (χ4n) is 2.17. The van der Waals surface area contributed by atoms with Crippen molar-refractivity contribution in [1.82, 2.24) is 15.2 Å². The Morgan fingerprint density at radius 3 is 2.30 bits per heavy atom. The van der Waals surface area contributed by atoms with E-state index in [2.05, 4.69) is 51.8 Å². The summed E-state index contributed by atoms with van der Waals surface area (Å²) in [4.78, 5) is 8.72. The molecule has 1 aromatic heterocycles. The highest BCUT2D eigenvalue weighted by Gasteiger charge is 2.15. The predicted molar refractivity (Wildman–Crippen MR) is 89.4 cm³/mol. The van der Waals surface area contributed by atoms with Crippen molar-refractivity contribution < 1.29 is 0 Å². The molecule has 0 bridgehead atoms. The molecule has 1 aromatic rings. The Morgan fingerprint density at radius 1 is 1.15 bits per heavy atom. The van der Waals surface area contributed by atoms with E-state index in [-0.39, 0.29) is 0 Å². The van der Waals surface area contributed by atoms with Gasteiger partial charge in [-0.05, 0) is 31.5 Å². The topological polar surface area (TPSA) is 28.2 Å². The summed E-state index contributed by atoms with van der Waals surface area (Å²) in [5.74, 6) is 1.20. The van der Waals surface area contributed by atoms with Crippen LogP contribution in [0.3, 0.4) is 0 Å². The first kappa shape index (κ1) is 17.6. The van der Waals surface area contributed by atoms with Gasteiger partial charge in [0, 0.05) is 11.4 Å². The summed E-state index contributed by atoms with van der Waals surface area (Å²) in [6.45, 7) is 18.6. The zero-order valence-electron chi connectivity index (χ0n) is 14.0. The maximum Gasteiger partial charge on any atom is 0.107 e. The molecule has 1 N–H and O–H groups in total. The van der Waals surface area contributed by atoms with Crippen molar-refractivity contribution in [2.45, 2.75) is 60.5 Å². The molecule has 1 rings (SSSR count). The third-order valence-electron chi connectivity index (χ3n) is 3.41. The maximum absolute atomic E-state index is 4.88. The fourth-order valence-corrected chi connectivity index (χ4v) is 3.41. The van der Waals surface area contributed by atoms with Gasteiger partial charge in [0.25, 0.3) is 0 Å². The van der Waals surface area contributed by atoms with E-state index in [0.717, 1.165) is 32.7 Å². The number of nitrogens with one attached hydrogen (secondary N) is 1. The molecular formula is C16H31N3S. The van der Waals surface area contributed by atoms with Crippen molar-refractivity contribution in [2.24, 2.45) is 5.92 Å². The molecule has 0 aromatic carbocycles. The number of thiazole rings is 1. The minimum Gasteiger partial charge on any atom is -0.312 e. The summed E-state index contributed by atoms with van der Waals surface area (Å²) in [6.07, 6.45) is 0. The van der Waals surface area contributed by atoms with Crippen molar-refractivity contribution >= 4 is 11.3 Å². The van der Waals surface area contributed by atoms with E-state index < -0.39 is 0 Å². The lowest BCUT2D eigenvalue weighted by molar-refractivity contribution is 0.295. The molecule has 4 heteroatoms. The van der Waals surface area contributed by atoms with E-state index in [4.69, 9.17) is 4.98 Å². The van der Waals surface area contributed by atoms with Crippen LogP contribution in [0.5, 0.6) is 0 Å². The van der Waals surface area contributed by atoms with Crippen molar-refractivity contribution in [2.75, 3.05) is 19.6 Å². The number of hydrogen-bond donors (Lipinski definition) is 1. The zero-order valence-corrected chi connectivity index (χ0v) is 14.8. The van der Waals surface area contributed by atoms with Gasteiger partial charge in [-0.25, -0.2) is 4.98 Å². The van der Waals surface area contributed by atoms with Gasteiger partial charge in [-0.15, -0.1) is 11.3 Å². The lowest BCUT2D eigenvalue weighted by Crippen LogP contribution is -2.22. The first-order chi connectivity index (χ1) is 9.47. The Morgan fingerprint density at radius 2 is 1.80 bits per heavy atom. The molecule has 0 atom stereocenters. The first-order valence-electron chi connectivity index (χ1n) is 7.89. The molecule has 0 aliphatic rings. The van der Waals surface area contributed by atoms with E-state index in [9.17, 15) is 0 Å². The normalized spacial score (nSPS) is 12.1. The highest BCUT2D eigenvalue weighted by Crippen LogP contribution is 2.26. The fraction of sp³-hybridized carbons (Fsp3) is 0.812. The van der Waals surface area contributed by atoms with Crippen molar-refractivity contribution in [1.29, 1.82) is 0 Å². The van der Waals surface area contributed by atoms with Crippen LogP contribution < -0.4 is 5.32 Å². The van der Waals surface area contributed by atoms with E-state index >= 15 is 0 Å². The van der Waals surface area contributed by atoms with Gasteiger partial charge in [0.1, 0.15) is 5.01 Å². The van der Waals surface area contributed by atoms with Gasteiger partial charge in [-0.2, -0.15) is 0 Å². The Kier molecular flexibility index (Phi) is 7.70. The van der Waals surface area contributed by atoms with E-state index in [0.29, 0.717) is 11.8 Å². The minimum atomic E-state index is 0.507. The average Bonchev–Trinajstić information content (AvgIpc) is 2.78. The SMILES string of the molecule is CCN(CC)Cc1nc(C(C)C)c(CNCC(C)C)s1. The summed E-state index contributed by atoms with van der Waals surface area (Å²) in [5.41, 5.74) is 1.29. The van der Waals surface area contributed by atoms with Crippen LogP contribution in [-0.2, 0) is 13.1 Å². The summed E-state index contributed by atoms with van der Waals surface area (Å²) < 4.78 is 0. The van der Waals surface area contributed by atoms with Gasteiger partial charge in [0.2, 0.25) is 0 Å². The van der Waals surface area contributed by atoms with Crippen LogP contribution in [-0.4, -0.2) is 29.5 Å². The number of aromatic nitrogens is 1. The molecule has 0 amide bonds. The van der Waals surface area contributed by atoms with E-state index in [1.807, 2.05) is 11.3 Å². The molecule has 0 fully saturated rings. The van der Waals surface area contributed by atoms with Crippen LogP contribution in [0.2, 0.25) is 0 Å². The molecule has 20 heavy (non-hydrogen) atoms. The van der Waals surface area contributed by atoms with Gasteiger partial charge >= 0.3 is 0 Å². The Hall–Kier alpha value is -0.450. The highest BCUT2D eigenvalue weighted by atomic mass is 32.1. The standard InChI is InChI=1S/C16H31N3S/c1-7-19(8-2)11-15-18-16(13(5)6)14(20-15)10-17-9-12(3)4/h12-13,17H,7-11H2,1-6H3. The summed E-state index contributed by atoms with van der Waals surface area (Å²) in [6, 6.07) is 0.